The van der Waals surface area contributed by atoms with Crippen molar-refractivity contribution in [2.75, 3.05) is 0 Å². The summed E-state index contributed by atoms with van der Waals surface area (Å²) in [4.78, 5) is 5.86. The fraction of sp³-hybridized carbons (Fsp3) is 0.300. The second-order valence-electron chi connectivity index (χ2n) is 3.33. The van der Waals surface area contributed by atoms with Crippen LogP contribution in [0.15, 0.2) is 23.8 Å². The number of aryl methyl sites for hydroxylation is 2. The Bertz CT molecular complexity index is 387. The summed E-state index contributed by atoms with van der Waals surface area (Å²) in [6, 6.07) is 2.24. The molecule has 0 aromatic carbocycles. The Kier molecular flexibility index (Phi) is 1.52. The van der Waals surface area contributed by atoms with Gasteiger partial charge < -0.3 is 4.57 Å². The zero-order valence-corrected chi connectivity index (χ0v) is 8.05. The molecule has 2 aromatic rings. The van der Waals surface area contributed by atoms with E-state index in [9.17, 15) is 0 Å². The van der Waals surface area contributed by atoms with E-state index in [4.69, 9.17) is 0 Å². The largest absolute Gasteiger partial charge is 0.334 e. The SMILES string of the molecule is c1cn2c(n1)Cc1sccc1CC2. The fourth-order valence-electron chi connectivity index (χ4n) is 1.84. The fourth-order valence-corrected chi connectivity index (χ4v) is 2.77. The number of rotatable bonds is 0. The monoisotopic (exact) mass is 190 g/mol. The summed E-state index contributed by atoms with van der Waals surface area (Å²) in [5.74, 6) is 1.21. The van der Waals surface area contributed by atoms with Crippen molar-refractivity contribution in [3.05, 3.63) is 40.1 Å². The normalized spacial score (nSPS) is 14.8. The maximum absolute atomic E-state index is 4.36. The van der Waals surface area contributed by atoms with E-state index >= 15 is 0 Å². The molecule has 0 N–H and O–H groups in total. The van der Waals surface area contributed by atoms with Gasteiger partial charge in [-0.2, -0.15) is 0 Å². The Balaban J connectivity index is 2.10. The molecule has 3 rings (SSSR count). The van der Waals surface area contributed by atoms with Gasteiger partial charge in [-0.3, -0.25) is 0 Å². The van der Waals surface area contributed by atoms with E-state index in [1.165, 1.54) is 16.3 Å². The van der Waals surface area contributed by atoms with Crippen molar-refractivity contribution in [1.29, 1.82) is 0 Å². The first-order chi connectivity index (χ1) is 6.43. The Morgan fingerprint density at radius 2 is 2.46 bits per heavy atom. The minimum atomic E-state index is 1.01. The second-order valence-corrected chi connectivity index (χ2v) is 4.33. The molecule has 0 atom stereocenters. The average molecular weight is 190 g/mol. The van der Waals surface area contributed by atoms with Gasteiger partial charge in [-0.25, -0.2) is 4.98 Å². The van der Waals surface area contributed by atoms with Crippen molar-refractivity contribution in [3.8, 4) is 0 Å². The van der Waals surface area contributed by atoms with Crippen molar-refractivity contribution in [2.45, 2.75) is 19.4 Å². The Morgan fingerprint density at radius 3 is 3.46 bits per heavy atom. The first-order valence-electron chi connectivity index (χ1n) is 4.49. The van der Waals surface area contributed by atoms with E-state index in [1.807, 2.05) is 17.5 Å². The second kappa shape index (κ2) is 2.70. The topological polar surface area (TPSA) is 17.8 Å². The van der Waals surface area contributed by atoms with E-state index in [2.05, 4.69) is 27.2 Å². The zero-order chi connectivity index (χ0) is 8.67. The molecule has 2 nitrogen and oxygen atoms in total. The molecule has 2 aromatic heterocycles. The summed E-state index contributed by atoms with van der Waals surface area (Å²) < 4.78 is 2.26. The van der Waals surface area contributed by atoms with E-state index < -0.39 is 0 Å². The number of nitrogens with zero attached hydrogens (tertiary/aromatic N) is 2. The Hall–Kier alpha value is -1.09. The third kappa shape index (κ3) is 1.11. The lowest BCUT2D eigenvalue weighted by Gasteiger charge is -2.00. The van der Waals surface area contributed by atoms with Gasteiger partial charge in [0, 0.05) is 30.2 Å². The van der Waals surface area contributed by atoms with Crippen LogP contribution >= 0.6 is 11.3 Å². The summed E-state index contributed by atoms with van der Waals surface area (Å²) in [7, 11) is 0. The summed E-state index contributed by atoms with van der Waals surface area (Å²) in [5, 5.41) is 2.18. The summed E-state index contributed by atoms with van der Waals surface area (Å²) in [5.41, 5.74) is 1.51. The highest BCUT2D eigenvalue weighted by molar-refractivity contribution is 7.10. The van der Waals surface area contributed by atoms with Crippen molar-refractivity contribution in [1.82, 2.24) is 9.55 Å². The molecule has 13 heavy (non-hydrogen) atoms. The van der Waals surface area contributed by atoms with Gasteiger partial charge in [0.2, 0.25) is 0 Å². The molecule has 3 heterocycles. The third-order valence-electron chi connectivity index (χ3n) is 2.58. The van der Waals surface area contributed by atoms with Crippen LogP contribution in [0.25, 0.3) is 0 Å². The molecular weight excluding hydrogens is 180 g/mol. The maximum atomic E-state index is 4.36. The lowest BCUT2D eigenvalue weighted by molar-refractivity contribution is 0.681. The van der Waals surface area contributed by atoms with E-state index in [1.54, 1.807) is 0 Å². The number of hydrogen-bond acceptors (Lipinski definition) is 2. The van der Waals surface area contributed by atoms with Gasteiger partial charge >= 0.3 is 0 Å². The number of hydrogen-bond donors (Lipinski definition) is 0. The molecule has 0 aliphatic carbocycles. The molecule has 0 bridgehead atoms. The molecule has 1 aliphatic heterocycles. The molecule has 0 fully saturated rings. The van der Waals surface area contributed by atoms with Gasteiger partial charge in [0.1, 0.15) is 5.82 Å². The first kappa shape index (κ1) is 7.33. The van der Waals surface area contributed by atoms with Crippen LogP contribution in [0.4, 0.5) is 0 Å². The van der Waals surface area contributed by atoms with Crippen molar-refractivity contribution in [2.24, 2.45) is 0 Å². The standard InChI is InChI=1S/C10H10N2S/c1-4-12-5-3-11-10(12)7-9-8(1)2-6-13-9/h2-3,5-6H,1,4,7H2. The molecule has 0 amide bonds. The third-order valence-corrected chi connectivity index (χ3v) is 3.54. The van der Waals surface area contributed by atoms with Crippen molar-refractivity contribution in [3.63, 3.8) is 0 Å². The van der Waals surface area contributed by atoms with E-state index in [-0.39, 0.29) is 0 Å². The smallest absolute Gasteiger partial charge is 0.113 e. The minimum Gasteiger partial charge on any atom is -0.334 e. The van der Waals surface area contributed by atoms with Crippen molar-refractivity contribution >= 4 is 11.3 Å². The van der Waals surface area contributed by atoms with Crippen LogP contribution in [0.5, 0.6) is 0 Å². The Morgan fingerprint density at radius 1 is 1.46 bits per heavy atom. The lowest BCUT2D eigenvalue weighted by atomic mass is 10.2. The lowest BCUT2D eigenvalue weighted by Crippen LogP contribution is -2.00. The molecule has 0 radical (unpaired) electrons. The van der Waals surface area contributed by atoms with Crippen LogP contribution < -0.4 is 0 Å². The summed E-state index contributed by atoms with van der Waals surface area (Å²) in [6.45, 7) is 1.08. The summed E-state index contributed by atoms with van der Waals surface area (Å²) in [6.07, 6.45) is 6.14. The molecule has 3 heteroatoms. The van der Waals surface area contributed by atoms with Crippen LogP contribution in [0.2, 0.25) is 0 Å². The maximum Gasteiger partial charge on any atom is 0.113 e. The predicted molar refractivity (Wildman–Crippen MR) is 53.1 cm³/mol. The van der Waals surface area contributed by atoms with Gasteiger partial charge in [-0.1, -0.05) is 0 Å². The highest BCUT2D eigenvalue weighted by atomic mass is 32.1. The molecule has 66 valence electrons. The highest BCUT2D eigenvalue weighted by Crippen LogP contribution is 2.23. The Labute approximate surface area is 80.9 Å². The molecule has 0 saturated heterocycles. The van der Waals surface area contributed by atoms with Gasteiger partial charge in [0.05, 0.1) is 0 Å². The van der Waals surface area contributed by atoms with Gasteiger partial charge in [0.25, 0.3) is 0 Å². The zero-order valence-electron chi connectivity index (χ0n) is 7.23. The van der Waals surface area contributed by atoms with Gasteiger partial charge in [0.15, 0.2) is 0 Å². The van der Waals surface area contributed by atoms with Gasteiger partial charge in [-0.05, 0) is 23.4 Å². The molecule has 1 aliphatic rings. The van der Waals surface area contributed by atoms with Crippen LogP contribution in [0, 0.1) is 0 Å². The molecule has 0 spiro atoms. The molecule has 0 unspecified atom stereocenters. The number of aromatic nitrogens is 2. The van der Waals surface area contributed by atoms with Crippen LogP contribution in [0.3, 0.4) is 0 Å². The van der Waals surface area contributed by atoms with Crippen LogP contribution in [0.1, 0.15) is 16.3 Å². The number of fused-ring (bicyclic) bond motifs is 2. The quantitative estimate of drug-likeness (QED) is 0.622. The van der Waals surface area contributed by atoms with Crippen LogP contribution in [-0.2, 0) is 19.4 Å². The minimum absolute atomic E-state index is 1.01. The molecule has 0 saturated carbocycles. The molecular formula is C10H10N2S. The van der Waals surface area contributed by atoms with Crippen LogP contribution in [-0.4, -0.2) is 9.55 Å². The van der Waals surface area contributed by atoms with Crippen molar-refractivity contribution < 1.29 is 0 Å². The average Bonchev–Trinajstić information content (AvgIpc) is 2.72. The number of thiophene rings is 1. The summed E-state index contributed by atoms with van der Waals surface area (Å²) >= 11 is 1.85. The first-order valence-corrected chi connectivity index (χ1v) is 5.37. The number of imidazole rings is 1. The van der Waals surface area contributed by atoms with E-state index in [0.29, 0.717) is 0 Å². The van der Waals surface area contributed by atoms with E-state index in [0.717, 1.165) is 19.4 Å². The predicted octanol–water partition coefficient (Wildman–Crippen LogP) is 2.09. The van der Waals surface area contributed by atoms with Gasteiger partial charge in [-0.15, -0.1) is 11.3 Å². The highest BCUT2D eigenvalue weighted by Gasteiger charge is 2.13.